The number of carbonyl (C=O) groups is 1. The molecular formula is C26H36N4O2. The topological polar surface area (TPSA) is 59.3 Å². The van der Waals surface area contributed by atoms with Crippen LogP contribution in [0.25, 0.3) is 21.8 Å². The normalized spacial score (nSPS) is 14.8. The lowest BCUT2D eigenvalue weighted by Gasteiger charge is -2.20. The first-order valence-electron chi connectivity index (χ1n) is 12.2. The molecule has 0 aliphatic heterocycles. The van der Waals surface area contributed by atoms with Gasteiger partial charge in [-0.1, -0.05) is 51.3 Å². The van der Waals surface area contributed by atoms with Gasteiger partial charge in [0.1, 0.15) is 5.52 Å². The van der Waals surface area contributed by atoms with Crippen LogP contribution in [0, 0.1) is 0 Å². The third-order valence-corrected chi connectivity index (χ3v) is 7.03. The highest BCUT2D eigenvalue weighted by Gasteiger charge is 2.25. The number of rotatable bonds is 9. The lowest BCUT2D eigenvalue weighted by Crippen LogP contribution is -2.36. The largest absolute Gasteiger partial charge is 0.351 e. The molecule has 1 aliphatic rings. The Morgan fingerprint density at radius 2 is 1.91 bits per heavy atom. The van der Waals surface area contributed by atoms with Gasteiger partial charge in [0.25, 0.3) is 11.5 Å². The Kier molecular flexibility index (Phi) is 6.99. The minimum absolute atomic E-state index is 0.0128. The van der Waals surface area contributed by atoms with Crippen LogP contribution in [0.3, 0.4) is 0 Å². The van der Waals surface area contributed by atoms with E-state index < -0.39 is 0 Å². The molecule has 0 saturated heterocycles. The highest BCUT2D eigenvalue weighted by Crippen LogP contribution is 2.32. The summed E-state index contributed by atoms with van der Waals surface area (Å²) in [7, 11) is 1.93. The lowest BCUT2D eigenvalue weighted by atomic mass is 10.1. The number of nitrogens with zero attached hydrogens (tertiary/aromatic N) is 3. The molecule has 0 bridgehead atoms. The highest BCUT2D eigenvalue weighted by atomic mass is 16.2. The molecule has 3 aromatic rings. The summed E-state index contributed by atoms with van der Waals surface area (Å²) in [5.74, 6) is -0.0929. The quantitative estimate of drug-likeness (QED) is 0.539. The van der Waals surface area contributed by atoms with Gasteiger partial charge in [-0.25, -0.2) is 0 Å². The standard InChI is InChI=1S/C26H36N4O2/c1-4-6-16-29(5-2)17-15-27-25(31)21-18-30(19-11-7-8-12-19)26(32)24-23(21)20-13-9-10-14-22(20)28(24)3/h9-10,13-14,18-19H,4-8,11-12,15-17H2,1-3H3,(H,27,31). The molecule has 1 amide bonds. The van der Waals surface area contributed by atoms with Crippen LogP contribution in [0.5, 0.6) is 0 Å². The van der Waals surface area contributed by atoms with E-state index in [-0.39, 0.29) is 17.5 Å². The molecule has 0 radical (unpaired) electrons. The predicted molar refractivity (Wildman–Crippen MR) is 132 cm³/mol. The summed E-state index contributed by atoms with van der Waals surface area (Å²) >= 11 is 0. The predicted octanol–water partition coefficient (Wildman–Crippen LogP) is 4.46. The van der Waals surface area contributed by atoms with E-state index in [0.717, 1.165) is 61.6 Å². The van der Waals surface area contributed by atoms with E-state index in [2.05, 4.69) is 24.1 Å². The number of nitrogens with one attached hydrogen (secondary N) is 1. The van der Waals surface area contributed by atoms with Gasteiger partial charge in [0.2, 0.25) is 0 Å². The first kappa shape index (κ1) is 22.6. The van der Waals surface area contributed by atoms with Crippen molar-refractivity contribution in [3.05, 3.63) is 46.4 Å². The fraction of sp³-hybridized carbons (Fsp3) is 0.538. The number of hydrogen-bond acceptors (Lipinski definition) is 3. The van der Waals surface area contributed by atoms with Gasteiger partial charge < -0.3 is 19.4 Å². The number of aryl methyl sites for hydroxylation is 1. The number of benzene rings is 1. The molecule has 2 heterocycles. The van der Waals surface area contributed by atoms with Gasteiger partial charge in [-0.15, -0.1) is 0 Å². The molecule has 1 aromatic carbocycles. The summed E-state index contributed by atoms with van der Waals surface area (Å²) in [4.78, 5) is 29.3. The SMILES string of the molecule is CCCCN(CC)CCNC(=O)c1cn(C2CCCC2)c(=O)c2c1c1ccccc1n2C. The van der Waals surface area contributed by atoms with Crippen molar-refractivity contribution in [1.29, 1.82) is 0 Å². The van der Waals surface area contributed by atoms with Gasteiger partial charge in [0.15, 0.2) is 0 Å². The molecule has 0 unspecified atom stereocenters. The Hall–Kier alpha value is -2.60. The van der Waals surface area contributed by atoms with Crippen LogP contribution in [0.1, 0.15) is 68.8 Å². The van der Waals surface area contributed by atoms with E-state index in [9.17, 15) is 9.59 Å². The summed E-state index contributed by atoms with van der Waals surface area (Å²) in [6.45, 7) is 7.84. The second kappa shape index (κ2) is 9.90. The number of para-hydroxylation sites is 1. The van der Waals surface area contributed by atoms with Gasteiger partial charge in [-0.3, -0.25) is 9.59 Å². The van der Waals surface area contributed by atoms with Gasteiger partial charge in [0, 0.05) is 48.7 Å². The summed E-state index contributed by atoms with van der Waals surface area (Å²) in [5.41, 5.74) is 2.23. The van der Waals surface area contributed by atoms with Crippen LogP contribution in [-0.2, 0) is 7.05 Å². The Morgan fingerprint density at radius 3 is 2.62 bits per heavy atom. The van der Waals surface area contributed by atoms with Crippen LogP contribution in [-0.4, -0.2) is 46.1 Å². The van der Waals surface area contributed by atoms with Gasteiger partial charge >= 0.3 is 0 Å². The summed E-state index contributed by atoms with van der Waals surface area (Å²) in [5, 5.41) is 4.88. The van der Waals surface area contributed by atoms with E-state index in [1.807, 2.05) is 46.6 Å². The number of aromatic nitrogens is 2. The molecule has 4 rings (SSSR count). The molecule has 1 saturated carbocycles. The second-order valence-corrected chi connectivity index (χ2v) is 9.04. The van der Waals surface area contributed by atoms with Crippen LogP contribution >= 0.6 is 0 Å². The first-order chi connectivity index (χ1) is 15.6. The Morgan fingerprint density at radius 1 is 1.16 bits per heavy atom. The molecule has 2 aromatic heterocycles. The lowest BCUT2D eigenvalue weighted by molar-refractivity contribution is 0.0949. The zero-order valence-electron chi connectivity index (χ0n) is 19.7. The van der Waals surface area contributed by atoms with Crippen molar-refractivity contribution < 1.29 is 4.79 Å². The Bertz CT molecular complexity index is 1150. The van der Waals surface area contributed by atoms with Crippen molar-refractivity contribution in [2.75, 3.05) is 26.2 Å². The van der Waals surface area contributed by atoms with E-state index in [4.69, 9.17) is 0 Å². The maximum absolute atomic E-state index is 13.5. The minimum atomic E-state index is -0.0929. The molecule has 32 heavy (non-hydrogen) atoms. The van der Waals surface area contributed by atoms with Crippen molar-refractivity contribution in [1.82, 2.24) is 19.4 Å². The van der Waals surface area contributed by atoms with Crippen molar-refractivity contribution in [3.63, 3.8) is 0 Å². The third-order valence-electron chi connectivity index (χ3n) is 7.03. The number of likely N-dealkylation sites (N-methyl/N-ethyl adjacent to an activating group) is 1. The Labute approximate surface area is 190 Å². The van der Waals surface area contributed by atoms with Crippen molar-refractivity contribution >= 4 is 27.7 Å². The molecule has 1 fully saturated rings. The average molecular weight is 437 g/mol. The molecule has 0 spiro atoms. The Balaban J connectivity index is 1.72. The number of hydrogen-bond donors (Lipinski definition) is 1. The molecule has 6 nitrogen and oxygen atoms in total. The third kappa shape index (κ3) is 4.20. The first-order valence-corrected chi connectivity index (χ1v) is 12.2. The average Bonchev–Trinajstić information content (AvgIpc) is 3.44. The zero-order valence-corrected chi connectivity index (χ0v) is 19.7. The van der Waals surface area contributed by atoms with Gasteiger partial charge in [-0.2, -0.15) is 0 Å². The molecule has 6 heteroatoms. The zero-order chi connectivity index (χ0) is 22.7. The number of amides is 1. The van der Waals surface area contributed by atoms with E-state index >= 15 is 0 Å². The van der Waals surface area contributed by atoms with Gasteiger partial charge in [0.05, 0.1) is 5.56 Å². The molecule has 172 valence electrons. The fourth-order valence-corrected chi connectivity index (χ4v) is 5.16. The number of unbranched alkanes of at least 4 members (excludes halogenated alkanes) is 1. The maximum Gasteiger partial charge on any atom is 0.275 e. The monoisotopic (exact) mass is 436 g/mol. The van der Waals surface area contributed by atoms with Crippen molar-refractivity contribution in [2.24, 2.45) is 7.05 Å². The molecular weight excluding hydrogens is 400 g/mol. The molecule has 1 N–H and O–H groups in total. The fourth-order valence-electron chi connectivity index (χ4n) is 5.16. The number of pyridine rings is 1. The summed E-state index contributed by atoms with van der Waals surface area (Å²) in [6, 6.07) is 8.16. The highest BCUT2D eigenvalue weighted by molar-refractivity contribution is 6.17. The van der Waals surface area contributed by atoms with E-state index in [1.54, 1.807) is 0 Å². The summed E-state index contributed by atoms with van der Waals surface area (Å²) < 4.78 is 3.79. The van der Waals surface area contributed by atoms with Crippen LogP contribution in [0.2, 0.25) is 0 Å². The van der Waals surface area contributed by atoms with E-state index in [1.165, 1.54) is 12.8 Å². The van der Waals surface area contributed by atoms with Gasteiger partial charge in [-0.05, 0) is 38.4 Å². The smallest absolute Gasteiger partial charge is 0.275 e. The summed E-state index contributed by atoms with van der Waals surface area (Å²) in [6.07, 6.45) is 8.44. The van der Waals surface area contributed by atoms with Crippen molar-refractivity contribution in [2.45, 2.75) is 58.4 Å². The minimum Gasteiger partial charge on any atom is -0.351 e. The molecule has 1 aliphatic carbocycles. The molecule has 0 atom stereocenters. The van der Waals surface area contributed by atoms with Crippen LogP contribution < -0.4 is 10.9 Å². The maximum atomic E-state index is 13.5. The number of fused-ring (bicyclic) bond motifs is 3. The van der Waals surface area contributed by atoms with Crippen molar-refractivity contribution in [3.8, 4) is 0 Å². The van der Waals surface area contributed by atoms with Crippen LogP contribution in [0.15, 0.2) is 35.3 Å². The number of carbonyl (C=O) groups excluding carboxylic acids is 1. The van der Waals surface area contributed by atoms with Crippen LogP contribution in [0.4, 0.5) is 0 Å². The second-order valence-electron chi connectivity index (χ2n) is 9.04. The van der Waals surface area contributed by atoms with E-state index in [0.29, 0.717) is 17.6 Å².